The van der Waals surface area contributed by atoms with Gasteiger partial charge in [-0.2, -0.15) is 0 Å². The molecule has 0 aromatic heterocycles. The number of hydrogen-bond acceptors (Lipinski definition) is 6. The number of rotatable bonds is 4. The number of allylic oxidation sites excluding steroid dienone is 2. The van der Waals surface area contributed by atoms with Gasteiger partial charge in [0.15, 0.2) is 0 Å². The van der Waals surface area contributed by atoms with Gasteiger partial charge >= 0.3 is 11.9 Å². The highest BCUT2D eigenvalue weighted by atomic mass is 32.2. The maximum atomic E-state index is 12.3. The second kappa shape index (κ2) is 9.42. The molecule has 0 saturated heterocycles. The zero-order valence-corrected chi connectivity index (χ0v) is 15.4. The predicted octanol–water partition coefficient (Wildman–Crippen LogP) is 4.76. The Morgan fingerprint density at radius 3 is 1.57 bits per heavy atom. The first-order valence-corrected chi connectivity index (χ1v) is 9.96. The molecule has 1 heterocycles. The van der Waals surface area contributed by atoms with Gasteiger partial charge in [0.05, 0.1) is 13.2 Å². The van der Waals surface area contributed by atoms with Gasteiger partial charge in [0.1, 0.15) is 9.81 Å². The molecule has 0 saturated carbocycles. The van der Waals surface area contributed by atoms with E-state index in [1.807, 2.05) is 0 Å². The van der Waals surface area contributed by atoms with Gasteiger partial charge in [-0.05, 0) is 49.3 Å². The van der Waals surface area contributed by atoms with Crippen LogP contribution in [0.5, 0.6) is 0 Å². The minimum Gasteiger partial charge on any atom is -0.462 e. The lowest BCUT2D eigenvalue weighted by atomic mass is 10.1. The normalized spacial score (nSPS) is 19.4. The van der Waals surface area contributed by atoms with Crippen LogP contribution in [0.3, 0.4) is 0 Å². The summed E-state index contributed by atoms with van der Waals surface area (Å²) in [6.07, 6.45) is 7.95. The van der Waals surface area contributed by atoms with Crippen LogP contribution in [0.2, 0.25) is 0 Å². The van der Waals surface area contributed by atoms with Crippen molar-refractivity contribution in [1.82, 2.24) is 0 Å². The van der Waals surface area contributed by atoms with E-state index in [1.165, 1.54) is 52.6 Å². The molecular formula is C17H24O4S2. The van der Waals surface area contributed by atoms with Crippen molar-refractivity contribution in [3.63, 3.8) is 0 Å². The number of thioether (sulfide) groups is 2. The first-order valence-electron chi connectivity index (χ1n) is 8.33. The van der Waals surface area contributed by atoms with E-state index >= 15 is 0 Å². The van der Waals surface area contributed by atoms with Gasteiger partial charge in [0.25, 0.3) is 0 Å². The number of esters is 2. The van der Waals surface area contributed by atoms with Gasteiger partial charge in [-0.25, -0.2) is 9.59 Å². The molecule has 23 heavy (non-hydrogen) atoms. The Kier molecular flexibility index (Phi) is 7.56. The van der Waals surface area contributed by atoms with E-state index < -0.39 is 11.9 Å². The molecule has 0 amide bonds. The summed E-state index contributed by atoms with van der Waals surface area (Å²) < 4.78 is 10.3. The van der Waals surface area contributed by atoms with E-state index in [1.54, 1.807) is 13.8 Å². The van der Waals surface area contributed by atoms with Crippen LogP contribution in [0.1, 0.15) is 58.8 Å². The summed E-state index contributed by atoms with van der Waals surface area (Å²) in [5.41, 5.74) is 0. The van der Waals surface area contributed by atoms with Crippen molar-refractivity contribution in [2.75, 3.05) is 13.2 Å². The molecule has 128 valence electrons. The van der Waals surface area contributed by atoms with Crippen LogP contribution in [-0.2, 0) is 19.1 Å². The van der Waals surface area contributed by atoms with Gasteiger partial charge < -0.3 is 9.47 Å². The van der Waals surface area contributed by atoms with Crippen LogP contribution in [0, 0.1) is 0 Å². The van der Waals surface area contributed by atoms with Crippen LogP contribution in [0.4, 0.5) is 0 Å². The van der Waals surface area contributed by atoms with Crippen molar-refractivity contribution in [2.45, 2.75) is 58.8 Å². The lowest BCUT2D eigenvalue weighted by Gasteiger charge is -2.22. The Morgan fingerprint density at radius 1 is 0.783 bits per heavy atom. The molecule has 0 aromatic carbocycles. The summed E-state index contributed by atoms with van der Waals surface area (Å²) in [5, 5.41) is 0. The van der Waals surface area contributed by atoms with Crippen LogP contribution < -0.4 is 0 Å². The van der Waals surface area contributed by atoms with E-state index in [9.17, 15) is 9.59 Å². The third-order valence-electron chi connectivity index (χ3n) is 3.70. The fourth-order valence-corrected chi connectivity index (χ4v) is 5.15. The van der Waals surface area contributed by atoms with Gasteiger partial charge in [-0.3, -0.25) is 0 Å². The summed E-state index contributed by atoms with van der Waals surface area (Å²) in [5.74, 6) is -0.834. The monoisotopic (exact) mass is 356 g/mol. The van der Waals surface area contributed by atoms with E-state index in [0.717, 1.165) is 25.7 Å². The van der Waals surface area contributed by atoms with Crippen molar-refractivity contribution in [1.29, 1.82) is 0 Å². The minimum absolute atomic E-state index is 0.301. The number of carbonyl (C=O) groups is 2. The van der Waals surface area contributed by atoms with Gasteiger partial charge in [0, 0.05) is 0 Å². The Balaban J connectivity index is 2.27. The first kappa shape index (κ1) is 18.5. The predicted molar refractivity (Wildman–Crippen MR) is 94.8 cm³/mol. The molecule has 4 nitrogen and oxygen atoms in total. The van der Waals surface area contributed by atoms with Gasteiger partial charge in [-0.15, -0.1) is 0 Å². The summed E-state index contributed by atoms with van der Waals surface area (Å²) in [6, 6.07) is 0. The summed E-state index contributed by atoms with van der Waals surface area (Å²) in [6.45, 7) is 4.15. The Morgan fingerprint density at radius 2 is 1.17 bits per heavy atom. The third kappa shape index (κ3) is 5.05. The van der Waals surface area contributed by atoms with Crippen molar-refractivity contribution in [2.24, 2.45) is 0 Å². The zero-order chi connectivity index (χ0) is 16.7. The van der Waals surface area contributed by atoms with Gasteiger partial charge in [-0.1, -0.05) is 42.8 Å². The average Bonchev–Trinajstić information content (AvgIpc) is 2.65. The molecule has 0 atom stereocenters. The van der Waals surface area contributed by atoms with E-state index in [-0.39, 0.29) is 0 Å². The SMILES string of the molecule is CCOC(=O)C1=C(C(=O)OCC)SC2=C(CCCCCCC2)S1. The molecule has 1 aliphatic heterocycles. The molecule has 0 unspecified atom stereocenters. The topological polar surface area (TPSA) is 52.6 Å². The maximum Gasteiger partial charge on any atom is 0.346 e. The van der Waals surface area contributed by atoms with E-state index in [0.29, 0.717) is 23.0 Å². The largest absolute Gasteiger partial charge is 0.462 e. The second-order valence-corrected chi connectivity index (χ2v) is 7.63. The van der Waals surface area contributed by atoms with Crippen molar-refractivity contribution < 1.29 is 19.1 Å². The first-order chi connectivity index (χ1) is 11.2. The maximum absolute atomic E-state index is 12.3. The van der Waals surface area contributed by atoms with Crippen LogP contribution >= 0.6 is 23.5 Å². The molecule has 0 spiro atoms. The lowest BCUT2D eigenvalue weighted by Crippen LogP contribution is -2.16. The lowest BCUT2D eigenvalue weighted by molar-refractivity contribution is -0.140. The number of ether oxygens (including phenoxy) is 2. The standard InChI is InChI=1S/C17H24O4S2/c1-3-20-16(18)14-15(17(19)21-4-2)23-13-11-9-7-5-6-8-10-12(13)22-14/h3-11H2,1-2H3. The molecule has 6 heteroatoms. The number of carbonyl (C=O) groups excluding carboxylic acids is 2. The van der Waals surface area contributed by atoms with E-state index in [4.69, 9.17) is 9.47 Å². The third-order valence-corrected chi connectivity index (χ3v) is 6.50. The van der Waals surface area contributed by atoms with Crippen LogP contribution in [0.15, 0.2) is 19.6 Å². The zero-order valence-electron chi connectivity index (χ0n) is 13.8. The summed E-state index contributed by atoms with van der Waals surface area (Å²) in [4.78, 5) is 27.8. The van der Waals surface area contributed by atoms with Crippen LogP contribution in [-0.4, -0.2) is 25.2 Å². The fraction of sp³-hybridized carbons (Fsp3) is 0.647. The van der Waals surface area contributed by atoms with Crippen LogP contribution in [0.25, 0.3) is 0 Å². The highest BCUT2D eigenvalue weighted by Crippen LogP contribution is 2.49. The minimum atomic E-state index is -0.417. The Labute approximate surface area is 146 Å². The average molecular weight is 357 g/mol. The molecule has 2 aliphatic rings. The molecule has 2 rings (SSSR count). The molecule has 0 N–H and O–H groups in total. The van der Waals surface area contributed by atoms with Crippen molar-refractivity contribution >= 4 is 35.5 Å². The molecule has 0 fully saturated rings. The Bertz CT molecular complexity index is 479. The summed E-state index contributed by atoms with van der Waals surface area (Å²) >= 11 is 2.84. The van der Waals surface area contributed by atoms with E-state index in [2.05, 4.69) is 0 Å². The van der Waals surface area contributed by atoms with Gasteiger partial charge in [0.2, 0.25) is 0 Å². The summed E-state index contributed by atoms with van der Waals surface area (Å²) in [7, 11) is 0. The molecule has 0 aromatic rings. The van der Waals surface area contributed by atoms with Crippen molar-refractivity contribution in [3.05, 3.63) is 19.6 Å². The molecule has 1 aliphatic carbocycles. The van der Waals surface area contributed by atoms with Crippen molar-refractivity contribution in [3.8, 4) is 0 Å². The highest BCUT2D eigenvalue weighted by molar-refractivity contribution is 8.14. The quantitative estimate of drug-likeness (QED) is 0.677. The smallest absolute Gasteiger partial charge is 0.346 e. The molecule has 0 radical (unpaired) electrons. The fourth-order valence-electron chi connectivity index (χ4n) is 2.60. The Hall–Kier alpha value is -0.880. The highest BCUT2D eigenvalue weighted by Gasteiger charge is 2.31. The molecular weight excluding hydrogens is 332 g/mol. The molecule has 0 bridgehead atoms. The number of hydrogen-bond donors (Lipinski definition) is 0. The second-order valence-electron chi connectivity index (χ2n) is 5.42.